The van der Waals surface area contributed by atoms with E-state index in [9.17, 15) is 27.5 Å². The lowest BCUT2D eigenvalue weighted by molar-refractivity contribution is -0.267. The summed E-state index contributed by atoms with van der Waals surface area (Å²) < 4.78 is 53.3. The van der Waals surface area contributed by atoms with Gasteiger partial charge in [0, 0.05) is 5.92 Å². The van der Waals surface area contributed by atoms with Gasteiger partial charge in [0.15, 0.2) is 11.4 Å². The van der Waals surface area contributed by atoms with Crippen LogP contribution < -0.4 is 5.32 Å². The molecule has 0 fully saturated rings. The highest BCUT2D eigenvalue weighted by Gasteiger charge is 2.60. The number of H-pyrrole nitrogens is 1. The highest BCUT2D eigenvalue weighted by molar-refractivity contribution is 5.94. The fourth-order valence-electron chi connectivity index (χ4n) is 2.84. The van der Waals surface area contributed by atoms with Crippen LogP contribution in [0.4, 0.5) is 23.4 Å². The largest absolute Gasteiger partial charge is 0.422 e. The van der Waals surface area contributed by atoms with Crippen LogP contribution >= 0.6 is 0 Å². The van der Waals surface area contributed by atoms with Crippen molar-refractivity contribution in [1.29, 1.82) is 0 Å². The molecule has 3 N–H and O–H groups in total. The summed E-state index contributed by atoms with van der Waals surface area (Å²) in [5, 5.41) is 18.6. The predicted molar refractivity (Wildman–Crippen MR) is 75.7 cm³/mol. The number of hydrogen-bond acceptors (Lipinski definition) is 3. The maximum Gasteiger partial charge on any atom is 0.422 e. The van der Waals surface area contributed by atoms with Gasteiger partial charge < -0.3 is 10.4 Å². The average molecular weight is 343 g/mol. The Morgan fingerprint density at radius 2 is 1.92 bits per heavy atom. The van der Waals surface area contributed by atoms with Crippen molar-refractivity contribution >= 4 is 11.7 Å². The number of aliphatic hydroxyl groups is 1. The number of aromatic nitrogens is 2. The Bertz CT molecular complexity index is 785. The molecule has 1 aromatic heterocycles. The molecule has 24 heavy (non-hydrogen) atoms. The smallest absolute Gasteiger partial charge is 0.376 e. The Labute approximate surface area is 133 Å². The van der Waals surface area contributed by atoms with E-state index < -0.39 is 41.4 Å². The number of hydrogen-bond donors (Lipinski definition) is 3. The molecule has 0 radical (unpaired) electrons. The number of alkyl halides is 3. The van der Waals surface area contributed by atoms with Gasteiger partial charge in [-0.25, -0.2) is 4.39 Å². The first-order valence-corrected chi connectivity index (χ1v) is 7.06. The minimum atomic E-state index is -5.05. The van der Waals surface area contributed by atoms with Gasteiger partial charge in [0.25, 0.3) is 0 Å². The fourth-order valence-corrected chi connectivity index (χ4v) is 2.84. The summed E-state index contributed by atoms with van der Waals surface area (Å²) in [6.45, 7) is 1.59. The zero-order valence-corrected chi connectivity index (χ0v) is 12.4. The number of benzene rings is 1. The van der Waals surface area contributed by atoms with Crippen molar-refractivity contribution in [3.05, 3.63) is 46.9 Å². The lowest BCUT2D eigenvalue weighted by atomic mass is 9.82. The summed E-state index contributed by atoms with van der Waals surface area (Å²) in [5.41, 5.74) is -3.30. The quantitative estimate of drug-likeness (QED) is 0.734. The molecule has 1 amide bonds. The average Bonchev–Trinajstić information content (AvgIpc) is 2.90. The third-order valence-electron chi connectivity index (χ3n) is 4.15. The number of anilines is 1. The van der Waals surface area contributed by atoms with Crippen molar-refractivity contribution in [1.82, 2.24) is 10.2 Å². The van der Waals surface area contributed by atoms with Gasteiger partial charge >= 0.3 is 6.18 Å². The summed E-state index contributed by atoms with van der Waals surface area (Å²) >= 11 is 0. The van der Waals surface area contributed by atoms with Crippen molar-refractivity contribution in [3.8, 4) is 0 Å². The van der Waals surface area contributed by atoms with Crippen LogP contribution in [0.25, 0.3) is 0 Å². The number of amides is 1. The summed E-state index contributed by atoms with van der Waals surface area (Å²) in [6.07, 6.45) is -6.20. The van der Waals surface area contributed by atoms with Gasteiger partial charge in [0.2, 0.25) is 5.91 Å². The van der Waals surface area contributed by atoms with Gasteiger partial charge in [-0.2, -0.15) is 18.3 Å². The zero-order chi connectivity index (χ0) is 17.7. The number of fused-ring (bicyclic) bond motifs is 1. The maximum absolute atomic E-state index is 13.4. The van der Waals surface area contributed by atoms with Crippen molar-refractivity contribution in [2.24, 2.45) is 0 Å². The first kappa shape index (κ1) is 16.4. The molecule has 0 saturated heterocycles. The minimum Gasteiger partial charge on any atom is -0.376 e. The zero-order valence-electron chi connectivity index (χ0n) is 12.4. The molecular weight excluding hydrogens is 330 g/mol. The third-order valence-corrected chi connectivity index (χ3v) is 4.15. The van der Waals surface area contributed by atoms with Gasteiger partial charge in [-0.05, 0) is 17.7 Å². The van der Waals surface area contributed by atoms with E-state index in [1.54, 1.807) is 6.92 Å². The molecule has 9 heteroatoms. The number of nitrogens with one attached hydrogen (secondary N) is 2. The fraction of sp³-hybridized carbons (Fsp3) is 0.333. The van der Waals surface area contributed by atoms with Crippen molar-refractivity contribution in [3.63, 3.8) is 0 Å². The number of nitrogens with zero attached hydrogens (tertiary/aromatic N) is 1. The number of halogens is 4. The van der Waals surface area contributed by atoms with Crippen LogP contribution in [0.1, 0.15) is 36.1 Å². The lowest BCUT2D eigenvalue weighted by Gasteiger charge is -2.34. The van der Waals surface area contributed by atoms with Gasteiger partial charge in [-0.15, -0.1) is 0 Å². The van der Waals surface area contributed by atoms with Gasteiger partial charge in [0.1, 0.15) is 5.82 Å². The molecule has 5 nitrogen and oxygen atoms in total. The molecule has 2 atom stereocenters. The second kappa shape index (κ2) is 5.30. The lowest BCUT2D eigenvalue weighted by Crippen LogP contribution is -2.48. The van der Waals surface area contributed by atoms with Crippen LogP contribution in [0, 0.1) is 5.82 Å². The van der Waals surface area contributed by atoms with Crippen LogP contribution in [-0.2, 0) is 10.4 Å². The van der Waals surface area contributed by atoms with Gasteiger partial charge in [-0.3, -0.25) is 9.89 Å². The standard InChI is InChI=1S/C15H13F4N3O2/c1-7(8-2-4-9(16)5-3-8)12-11-13(22-21-12)20-10(23)6-14(11,24)15(17,18)19/h2-5,7,24H,6H2,1H3,(H2,20,21,22,23). The molecule has 0 bridgehead atoms. The van der Waals surface area contributed by atoms with Crippen molar-refractivity contribution < 1.29 is 27.5 Å². The van der Waals surface area contributed by atoms with E-state index >= 15 is 0 Å². The van der Waals surface area contributed by atoms with E-state index in [0.717, 1.165) is 0 Å². The first-order valence-electron chi connectivity index (χ1n) is 7.06. The Hall–Kier alpha value is -2.42. The van der Waals surface area contributed by atoms with E-state index in [4.69, 9.17) is 0 Å². The monoisotopic (exact) mass is 343 g/mol. The molecule has 1 aromatic carbocycles. The Balaban J connectivity index is 2.13. The van der Waals surface area contributed by atoms with Crippen LogP contribution in [0.2, 0.25) is 0 Å². The predicted octanol–water partition coefficient (Wildman–Crippen LogP) is 2.79. The summed E-state index contributed by atoms with van der Waals surface area (Å²) in [4.78, 5) is 11.5. The van der Waals surface area contributed by atoms with Gasteiger partial charge in [0.05, 0.1) is 17.7 Å². The van der Waals surface area contributed by atoms with Crippen molar-refractivity contribution in [2.45, 2.75) is 31.0 Å². The SMILES string of the molecule is CC(c1ccc(F)cc1)c1[nH]nc2c1C(O)(C(F)(F)F)CC(=O)N2. The van der Waals surface area contributed by atoms with Crippen LogP contribution in [0.15, 0.2) is 24.3 Å². The topological polar surface area (TPSA) is 78.0 Å². The van der Waals surface area contributed by atoms with Crippen molar-refractivity contribution in [2.75, 3.05) is 5.32 Å². The molecule has 0 saturated carbocycles. The van der Waals surface area contributed by atoms with Crippen LogP contribution in [0.3, 0.4) is 0 Å². The molecule has 2 aromatic rings. The Morgan fingerprint density at radius 1 is 1.29 bits per heavy atom. The van der Waals surface area contributed by atoms with E-state index in [-0.39, 0.29) is 11.5 Å². The number of rotatable bonds is 2. The molecule has 1 aliphatic heterocycles. The highest BCUT2D eigenvalue weighted by atomic mass is 19.4. The second-order valence-electron chi connectivity index (χ2n) is 5.72. The first-order chi connectivity index (χ1) is 11.1. The highest BCUT2D eigenvalue weighted by Crippen LogP contribution is 2.49. The van der Waals surface area contributed by atoms with E-state index in [2.05, 4.69) is 15.5 Å². The minimum absolute atomic E-state index is 0.0106. The molecule has 0 spiro atoms. The third kappa shape index (κ3) is 2.44. The van der Waals surface area contributed by atoms with Crippen LogP contribution in [-0.4, -0.2) is 27.4 Å². The molecular formula is C15H13F4N3O2. The molecule has 2 heterocycles. The normalized spacial score (nSPS) is 22.0. The van der Waals surface area contributed by atoms with Gasteiger partial charge in [-0.1, -0.05) is 19.1 Å². The van der Waals surface area contributed by atoms with E-state index in [1.807, 2.05) is 0 Å². The Morgan fingerprint density at radius 3 is 2.50 bits per heavy atom. The number of aromatic amines is 1. The number of carbonyl (C=O) groups excluding carboxylic acids is 1. The summed E-state index contributed by atoms with van der Waals surface area (Å²) in [7, 11) is 0. The molecule has 3 rings (SSSR count). The maximum atomic E-state index is 13.4. The van der Waals surface area contributed by atoms with Crippen LogP contribution in [0.5, 0.6) is 0 Å². The molecule has 2 unspecified atom stereocenters. The number of carbonyl (C=O) groups is 1. The molecule has 0 aliphatic carbocycles. The Kier molecular flexibility index (Phi) is 3.63. The summed E-state index contributed by atoms with van der Waals surface area (Å²) in [6, 6.07) is 5.24. The van der Waals surface area contributed by atoms with E-state index in [0.29, 0.717) is 5.56 Å². The molecule has 128 valence electrons. The molecule has 1 aliphatic rings. The second-order valence-corrected chi connectivity index (χ2v) is 5.72. The van der Waals surface area contributed by atoms with E-state index in [1.165, 1.54) is 24.3 Å². The summed E-state index contributed by atoms with van der Waals surface area (Å²) in [5.74, 6) is -2.44.